The molecule has 0 aromatic heterocycles. The summed E-state index contributed by atoms with van der Waals surface area (Å²) in [6.45, 7) is 4.39. The fourth-order valence-corrected chi connectivity index (χ4v) is 2.21. The number of rotatable bonds is 2. The summed E-state index contributed by atoms with van der Waals surface area (Å²) in [5.41, 5.74) is 0. The molecule has 0 radical (unpaired) electrons. The van der Waals surface area contributed by atoms with E-state index in [0.29, 0.717) is 13.0 Å². The van der Waals surface area contributed by atoms with Crippen molar-refractivity contribution in [1.29, 1.82) is 0 Å². The highest BCUT2D eigenvalue weighted by Crippen LogP contribution is 2.13. The van der Waals surface area contributed by atoms with Gasteiger partial charge in [0.25, 0.3) is 0 Å². The number of nitrogens with zero attached hydrogens (tertiary/aromatic N) is 1. The Morgan fingerprint density at radius 1 is 1.64 bits per heavy atom. The van der Waals surface area contributed by atoms with Gasteiger partial charge in [0.05, 0.1) is 5.25 Å². The Hall–Kier alpha value is -0.130. The first-order valence-electron chi connectivity index (χ1n) is 3.78. The molecule has 1 aliphatic rings. The number of primary sulfonamides is 1. The molecule has 0 aromatic carbocycles. The Bertz CT molecular complexity index is 225. The molecule has 0 spiro atoms. The number of sulfonamides is 1. The molecule has 66 valence electrons. The van der Waals surface area contributed by atoms with Crippen LogP contribution < -0.4 is 5.14 Å². The highest BCUT2D eigenvalue weighted by atomic mass is 32.2. The summed E-state index contributed by atoms with van der Waals surface area (Å²) in [6, 6.07) is 0. The number of nitrogens with two attached hydrogens (primary N) is 1. The third-order valence-corrected chi connectivity index (χ3v) is 3.45. The van der Waals surface area contributed by atoms with E-state index in [2.05, 4.69) is 4.90 Å². The predicted octanol–water partition coefficient (Wildman–Crippen LogP) is -0.631. The summed E-state index contributed by atoms with van der Waals surface area (Å²) >= 11 is 0. The lowest BCUT2D eigenvalue weighted by molar-refractivity contribution is 0.358. The Labute approximate surface area is 67.4 Å². The van der Waals surface area contributed by atoms with E-state index in [1.165, 1.54) is 0 Å². The van der Waals surface area contributed by atoms with Crippen molar-refractivity contribution in [3.8, 4) is 0 Å². The van der Waals surface area contributed by atoms with Crippen LogP contribution in [0.4, 0.5) is 0 Å². The molecule has 0 aliphatic carbocycles. The molecule has 1 fully saturated rings. The van der Waals surface area contributed by atoms with Crippen molar-refractivity contribution in [2.24, 2.45) is 5.14 Å². The third-order valence-electron chi connectivity index (χ3n) is 2.14. The molecule has 0 amide bonds. The normalized spacial score (nSPS) is 27.6. The van der Waals surface area contributed by atoms with Gasteiger partial charge in [-0.15, -0.1) is 0 Å². The summed E-state index contributed by atoms with van der Waals surface area (Å²) in [5, 5.41) is 4.67. The van der Waals surface area contributed by atoms with Crippen LogP contribution in [-0.2, 0) is 10.0 Å². The van der Waals surface area contributed by atoms with Gasteiger partial charge in [-0.05, 0) is 19.5 Å². The van der Waals surface area contributed by atoms with Gasteiger partial charge >= 0.3 is 0 Å². The van der Waals surface area contributed by atoms with Gasteiger partial charge in [0.15, 0.2) is 0 Å². The van der Waals surface area contributed by atoms with Crippen molar-refractivity contribution >= 4 is 10.0 Å². The van der Waals surface area contributed by atoms with E-state index in [-0.39, 0.29) is 5.25 Å². The minimum Gasteiger partial charge on any atom is -0.302 e. The Balaban J connectivity index is 2.55. The van der Waals surface area contributed by atoms with E-state index in [4.69, 9.17) is 5.14 Å². The van der Waals surface area contributed by atoms with Gasteiger partial charge in [-0.3, -0.25) is 0 Å². The van der Waals surface area contributed by atoms with E-state index in [1.54, 1.807) is 0 Å². The van der Waals surface area contributed by atoms with Crippen LogP contribution in [0.15, 0.2) is 0 Å². The van der Waals surface area contributed by atoms with Gasteiger partial charge in [-0.2, -0.15) is 0 Å². The van der Waals surface area contributed by atoms with Gasteiger partial charge in [-0.25, -0.2) is 13.6 Å². The summed E-state index contributed by atoms with van der Waals surface area (Å²) in [4.78, 5) is 2.09. The first-order chi connectivity index (χ1) is 5.04. The summed E-state index contributed by atoms with van der Waals surface area (Å²) in [6.07, 6.45) is 0.687. The average molecular weight is 178 g/mol. The van der Waals surface area contributed by atoms with E-state index in [0.717, 1.165) is 13.1 Å². The molecule has 1 aliphatic heterocycles. The van der Waals surface area contributed by atoms with Crippen LogP contribution in [0.3, 0.4) is 0 Å². The Kier molecular flexibility index (Phi) is 2.51. The quantitative estimate of drug-likeness (QED) is 0.612. The molecule has 1 unspecified atom stereocenters. The van der Waals surface area contributed by atoms with Crippen molar-refractivity contribution in [2.45, 2.75) is 18.6 Å². The SMILES string of the molecule is CCN1CCC(S(N)(=O)=O)C1. The lowest BCUT2D eigenvalue weighted by Crippen LogP contribution is -2.31. The number of hydrogen-bond donors (Lipinski definition) is 1. The monoisotopic (exact) mass is 178 g/mol. The number of likely N-dealkylation sites (tertiary alicyclic amines) is 1. The van der Waals surface area contributed by atoms with Crippen LogP contribution in [0.5, 0.6) is 0 Å². The molecule has 1 heterocycles. The van der Waals surface area contributed by atoms with Crippen LogP contribution in [0.1, 0.15) is 13.3 Å². The maximum atomic E-state index is 10.8. The first-order valence-corrected chi connectivity index (χ1v) is 5.39. The molecule has 2 N–H and O–H groups in total. The Morgan fingerprint density at radius 2 is 2.27 bits per heavy atom. The van der Waals surface area contributed by atoms with Crippen molar-refractivity contribution in [3.05, 3.63) is 0 Å². The van der Waals surface area contributed by atoms with Gasteiger partial charge in [-0.1, -0.05) is 6.92 Å². The third kappa shape index (κ3) is 2.15. The van der Waals surface area contributed by atoms with Crippen LogP contribution in [0, 0.1) is 0 Å². The first kappa shape index (κ1) is 8.96. The lowest BCUT2D eigenvalue weighted by atomic mass is 10.4. The van der Waals surface area contributed by atoms with Crippen molar-refractivity contribution in [1.82, 2.24) is 4.90 Å². The second kappa shape index (κ2) is 3.08. The van der Waals surface area contributed by atoms with Crippen LogP contribution in [0.2, 0.25) is 0 Å². The molecule has 1 saturated heterocycles. The maximum absolute atomic E-state index is 10.8. The topological polar surface area (TPSA) is 63.4 Å². The summed E-state index contributed by atoms with van der Waals surface area (Å²) < 4.78 is 21.7. The van der Waals surface area contributed by atoms with E-state index in [1.807, 2.05) is 6.92 Å². The van der Waals surface area contributed by atoms with Crippen molar-refractivity contribution < 1.29 is 8.42 Å². The molecule has 1 rings (SSSR count). The maximum Gasteiger partial charge on any atom is 0.213 e. The fraction of sp³-hybridized carbons (Fsp3) is 1.00. The summed E-state index contributed by atoms with van der Waals surface area (Å²) in [7, 11) is -3.29. The van der Waals surface area contributed by atoms with Crippen LogP contribution >= 0.6 is 0 Å². The van der Waals surface area contributed by atoms with Gasteiger partial charge in [0.1, 0.15) is 0 Å². The molecule has 5 heteroatoms. The minimum absolute atomic E-state index is 0.331. The highest BCUT2D eigenvalue weighted by Gasteiger charge is 2.29. The zero-order valence-corrected chi connectivity index (χ0v) is 7.47. The second-order valence-corrected chi connectivity index (χ2v) is 4.74. The van der Waals surface area contributed by atoms with E-state index < -0.39 is 10.0 Å². The van der Waals surface area contributed by atoms with Crippen LogP contribution in [-0.4, -0.2) is 38.2 Å². The minimum atomic E-state index is -3.29. The van der Waals surface area contributed by atoms with E-state index >= 15 is 0 Å². The molecular weight excluding hydrogens is 164 g/mol. The molecule has 0 aromatic rings. The molecule has 11 heavy (non-hydrogen) atoms. The standard InChI is InChI=1S/C6H14N2O2S/c1-2-8-4-3-6(5-8)11(7,9)10/h6H,2-5H2,1H3,(H2,7,9,10). The lowest BCUT2D eigenvalue weighted by Gasteiger charge is -2.11. The second-order valence-electron chi connectivity index (χ2n) is 2.89. The smallest absolute Gasteiger partial charge is 0.213 e. The van der Waals surface area contributed by atoms with Gasteiger partial charge in [0.2, 0.25) is 10.0 Å². The zero-order chi connectivity index (χ0) is 8.48. The molecule has 0 bridgehead atoms. The molecule has 1 atom stereocenters. The zero-order valence-electron chi connectivity index (χ0n) is 6.66. The Morgan fingerprint density at radius 3 is 2.55 bits per heavy atom. The fourth-order valence-electron chi connectivity index (χ4n) is 1.35. The summed E-state index contributed by atoms with van der Waals surface area (Å²) in [5.74, 6) is 0. The van der Waals surface area contributed by atoms with Crippen molar-refractivity contribution in [2.75, 3.05) is 19.6 Å². The van der Waals surface area contributed by atoms with E-state index in [9.17, 15) is 8.42 Å². The van der Waals surface area contributed by atoms with Gasteiger partial charge in [0, 0.05) is 6.54 Å². The molecular formula is C6H14N2O2S. The predicted molar refractivity (Wildman–Crippen MR) is 43.6 cm³/mol. The molecule has 0 saturated carbocycles. The number of hydrogen-bond acceptors (Lipinski definition) is 3. The average Bonchev–Trinajstić information content (AvgIpc) is 2.32. The van der Waals surface area contributed by atoms with Crippen LogP contribution in [0.25, 0.3) is 0 Å². The highest BCUT2D eigenvalue weighted by molar-refractivity contribution is 7.89. The largest absolute Gasteiger partial charge is 0.302 e. The van der Waals surface area contributed by atoms with Crippen molar-refractivity contribution in [3.63, 3.8) is 0 Å². The molecule has 4 nitrogen and oxygen atoms in total. The van der Waals surface area contributed by atoms with Gasteiger partial charge < -0.3 is 4.90 Å².